The van der Waals surface area contributed by atoms with Gasteiger partial charge in [0.15, 0.2) is 0 Å². The molecule has 1 fully saturated rings. The van der Waals surface area contributed by atoms with E-state index in [0.717, 1.165) is 31.3 Å². The second kappa shape index (κ2) is 3.61. The van der Waals surface area contributed by atoms with Crippen molar-refractivity contribution in [2.75, 3.05) is 24.5 Å². The minimum atomic E-state index is 0.550. The molecular weight excluding hydrogens is 176 g/mol. The maximum absolute atomic E-state index is 4.51. The van der Waals surface area contributed by atoms with Crippen molar-refractivity contribution in [2.24, 2.45) is 0 Å². The highest BCUT2D eigenvalue weighted by atomic mass is 15.3. The van der Waals surface area contributed by atoms with E-state index in [1.165, 1.54) is 5.69 Å². The van der Waals surface area contributed by atoms with E-state index in [9.17, 15) is 0 Å². The standard InChI is InChI=1S/C10H18N4/c1-7-6-14(5-4-11-7)10-12-8(2)9(3)13-10/h7,11H,4-6H2,1-3H3,(H,12,13)/t7-/m0/s1. The molecule has 1 atom stereocenters. The number of hydrogen-bond acceptors (Lipinski definition) is 3. The zero-order valence-corrected chi connectivity index (χ0v) is 9.09. The minimum absolute atomic E-state index is 0.550. The Morgan fingerprint density at radius 3 is 2.79 bits per heavy atom. The fourth-order valence-corrected chi connectivity index (χ4v) is 1.80. The summed E-state index contributed by atoms with van der Waals surface area (Å²) in [6.45, 7) is 9.43. The molecule has 1 aliphatic heterocycles. The van der Waals surface area contributed by atoms with Crippen LogP contribution in [0.4, 0.5) is 5.95 Å². The zero-order valence-electron chi connectivity index (χ0n) is 9.09. The fourth-order valence-electron chi connectivity index (χ4n) is 1.80. The molecule has 0 bridgehead atoms. The van der Waals surface area contributed by atoms with E-state index in [2.05, 4.69) is 34.0 Å². The van der Waals surface area contributed by atoms with Gasteiger partial charge < -0.3 is 15.2 Å². The first-order chi connectivity index (χ1) is 6.66. The molecule has 2 rings (SSSR count). The molecule has 0 aromatic carbocycles. The monoisotopic (exact) mass is 194 g/mol. The highest BCUT2D eigenvalue weighted by Gasteiger charge is 2.18. The molecule has 1 aliphatic rings. The molecule has 0 unspecified atom stereocenters. The number of nitrogens with zero attached hydrogens (tertiary/aromatic N) is 2. The Morgan fingerprint density at radius 1 is 1.43 bits per heavy atom. The summed E-state index contributed by atoms with van der Waals surface area (Å²) in [4.78, 5) is 10.1. The lowest BCUT2D eigenvalue weighted by molar-refractivity contribution is 0.480. The van der Waals surface area contributed by atoms with Gasteiger partial charge in [0.05, 0.1) is 5.69 Å². The van der Waals surface area contributed by atoms with E-state index in [1.807, 2.05) is 6.92 Å². The Morgan fingerprint density at radius 2 is 2.21 bits per heavy atom. The van der Waals surface area contributed by atoms with Gasteiger partial charge in [-0.1, -0.05) is 0 Å². The smallest absolute Gasteiger partial charge is 0.203 e. The molecule has 1 saturated heterocycles. The van der Waals surface area contributed by atoms with Crippen molar-refractivity contribution < 1.29 is 0 Å². The second-order valence-corrected chi connectivity index (χ2v) is 4.07. The van der Waals surface area contributed by atoms with Crippen LogP contribution in [0, 0.1) is 13.8 Å². The molecule has 4 heteroatoms. The van der Waals surface area contributed by atoms with E-state index < -0.39 is 0 Å². The maximum Gasteiger partial charge on any atom is 0.203 e. The van der Waals surface area contributed by atoms with Gasteiger partial charge in [-0.25, -0.2) is 4.98 Å². The summed E-state index contributed by atoms with van der Waals surface area (Å²) in [6.07, 6.45) is 0. The van der Waals surface area contributed by atoms with E-state index >= 15 is 0 Å². The lowest BCUT2D eigenvalue weighted by Crippen LogP contribution is -2.49. The van der Waals surface area contributed by atoms with Crippen molar-refractivity contribution in [3.63, 3.8) is 0 Å². The Balaban J connectivity index is 2.14. The van der Waals surface area contributed by atoms with Gasteiger partial charge in [-0.05, 0) is 20.8 Å². The number of aryl methyl sites for hydroxylation is 2. The Labute approximate surface area is 84.7 Å². The summed E-state index contributed by atoms with van der Waals surface area (Å²) in [6, 6.07) is 0.550. The molecule has 0 radical (unpaired) electrons. The third-order valence-electron chi connectivity index (χ3n) is 2.78. The summed E-state index contributed by atoms with van der Waals surface area (Å²) < 4.78 is 0. The van der Waals surface area contributed by atoms with Gasteiger partial charge in [-0.3, -0.25) is 0 Å². The van der Waals surface area contributed by atoms with Gasteiger partial charge in [0.1, 0.15) is 0 Å². The van der Waals surface area contributed by atoms with Gasteiger partial charge in [0.2, 0.25) is 5.95 Å². The van der Waals surface area contributed by atoms with Crippen LogP contribution >= 0.6 is 0 Å². The molecule has 2 heterocycles. The van der Waals surface area contributed by atoms with E-state index in [4.69, 9.17) is 0 Å². The maximum atomic E-state index is 4.51. The number of anilines is 1. The normalized spacial score (nSPS) is 22.8. The largest absolute Gasteiger partial charge is 0.340 e. The predicted molar refractivity (Wildman–Crippen MR) is 57.7 cm³/mol. The summed E-state index contributed by atoms with van der Waals surface area (Å²) in [5, 5.41) is 3.42. The lowest BCUT2D eigenvalue weighted by atomic mass is 10.2. The van der Waals surface area contributed by atoms with Crippen molar-refractivity contribution in [3.8, 4) is 0 Å². The molecule has 0 spiro atoms. The van der Waals surface area contributed by atoms with Crippen LogP contribution < -0.4 is 10.2 Å². The number of imidazole rings is 1. The van der Waals surface area contributed by atoms with Crippen molar-refractivity contribution in [3.05, 3.63) is 11.4 Å². The number of rotatable bonds is 1. The molecule has 78 valence electrons. The SMILES string of the molecule is Cc1nc(N2CCN[C@@H](C)C2)[nH]c1C. The number of hydrogen-bond donors (Lipinski definition) is 2. The summed E-state index contributed by atoms with van der Waals surface area (Å²) in [7, 11) is 0. The predicted octanol–water partition coefficient (Wildman–Crippen LogP) is 0.825. The van der Waals surface area contributed by atoms with Gasteiger partial charge in [-0.2, -0.15) is 0 Å². The molecule has 1 aromatic rings. The third kappa shape index (κ3) is 1.75. The van der Waals surface area contributed by atoms with Crippen LogP contribution in [0.2, 0.25) is 0 Å². The number of nitrogens with one attached hydrogen (secondary N) is 2. The molecule has 14 heavy (non-hydrogen) atoms. The number of piperazine rings is 1. The summed E-state index contributed by atoms with van der Waals surface area (Å²) in [5.74, 6) is 1.02. The molecule has 1 aromatic heterocycles. The molecule has 4 nitrogen and oxygen atoms in total. The molecule has 2 N–H and O–H groups in total. The molecule has 0 saturated carbocycles. The van der Waals surface area contributed by atoms with Crippen molar-refractivity contribution in [2.45, 2.75) is 26.8 Å². The van der Waals surface area contributed by atoms with Gasteiger partial charge in [-0.15, -0.1) is 0 Å². The van der Waals surface area contributed by atoms with Crippen molar-refractivity contribution in [1.29, 1.82) is 0 Å². The highest BCUT2D eigenvalue weighted by molar-refractivity contribution is 5.35. The van der Waals surface area contributed by atoms with Gasteiger partial charge in [0.25, 0.3) is 0 Å². The summed E-state index contributed by atoms with van der Waals surface area (Å²) >= 11 is 0. The quantitative estimate of drug-likeness (QED) is 0.696. The fraction of sp³-hybridized carbons (Fsp3) is 0.700. The van der Waals surface area contributed by atoms with Crippen LogP contribution in [-0.2, 0) is 0 Å². The Bertz CT molecular complexity index is 298. The number of aromatic amines is 1. The van der Waals surface area contributed by atoms with Crippen LogP contribution in [-0.4, -0.2) is 35.6 Å². The first kappa shape index (κ1) is 9.52. The van der Waals surface area contributed by atoms with E-state index in [0.29, 0.717) is 6.04 Å². The van der Waals surface area contributed by atoms with E-state index in [-0.39, 0.29) is 0 Å². The molecule has 0 amide bonds. The van der Waals surface area contributed by atoms with E-state index in [1.54, 1.807) is 0 Å². The van der Waals surface area contributed by atoms with Crippen LogP contribution in [0.1, 0.15) is 18.3 Å². The summed E-state index contributed by atoms with van der Waals surface area (Å²) in [5.41, 5.74) is 2.28. The van der Waals surface area contributed by atoms with Crippen LogP contribution in [0.15, 0.2) is 0 Å². The average molecular weight is 194 g/mol. The number of H-pyrrole nitrogens is 1. The first-order valence-electron chi connectivity index (χ1n) is 5.18. The molecular formula is C10H18N4. The number of aromatic nitrogens is 2. The van der Waals surface area contributed by atoms with Crippen LogP contribution in [0.3, 0.4) is 0 Å². The molecule has 0 aliphatic carbocycles. The third-order valence-corrected chi connectivity index (χ3v) is 2.78. The van der Waals surface area contributed by atoms with Crippen LogP contribution in [0.5, 0.6) is 0 Å². The van der Waals surface area contributed by atoms with Crippen molar-refractivity contribution in [1.82, 2.24) is 15.3 Å². The van der Waals surface area contributed by atoms with Crippen LogP contribution in [0.25, 0.3) is 0 Å². The van der Waals surface area contributed by atoms with Gasteiger partial charge in [0, 0.05) is 31.4 Å². The Kier molecular flexibility index (Phi) is 2.46. The average Bonchev–Trinajstić information content (AvgIpc) is 2.47. The minimum Gasteiger partial charge on any atom is -0.340 e. The van der Waals surface area contributed by atoms with Gasteiger partial charge >= 0.3 is 0 Å². The highest BCUT2D eigenvalue weighted by Crippen LogP contribution is 2.14. The first-order valence-corrected chi connectivity index (χ1v) is 5.18. The Hall–Kier alpha value is -1.03. The zero-order chi connectivity index (χ0) is 10.1. The topological polar surface area (TPSA) is 44.0 Å². The van der Waals surface area contributed by atoms with Crippen molar-refractivity contribution >= 4 is 5.95 Å². The lowest BCUT2D eigenvalue weighted by Gasteiger charge is -2.31. The second-order valence-electron chi connectivity index (χ2n) is 4.07.